The fourth-order valence-electron chi connectivity index (χ4n) is 3.03. The van der Waals surface area contributed by atoms with Gasteiger partial charge in [-0.1, -0.05) is 15.9 Å². The monoisotopic (exact) mass is 302 g/mol. The van der Waals surface area contributed by atoms with E-state index in [1.807, 2.05) is 6.92 Å². The highest BCUT2D eigenvalue weighted by Gasteiger charge is 2.50. The number of hydrogen-bond acceptors (Lipinski definition) is 3. The van der Waals surface area contributed by atoms with Gasteiger partial charge in [0.1, 0.15) is 0 Å². The molecular weight excluding hydrogens is 284 g/mol. The fourth-order valence-corrected chi connectivity index (χ4v) is 3.65. The number of rotatable bonds is 0. The van der Waals surface area contributed by atoms with Crippen LogP contribution in [0.3, 0.4) is 0 Å². The zero-order valence-corrected chi connectivity index (χ0v) is 12.0. The van der Waals surface area contributed by atoms with Gasteiger partial charge in [-0.25, -0.2) is 0 Å². The topological polar surface area (TPSA) is 57.5 Å². The summed E-state index contributed by atoms with van der Waals surface area (Å²) in [5.41, 5.74) is 0.585. The van der Waals surface area contributed by atoms with Crippen molar-refractivity contribution in [1.82, 2.24) is 0 Å². The Balaban J connectivity index is 2.37. The van der Waals surface area contributed by atoms with Crippen LogP contribution in [0.4, 0.5) is 0 Å². The third-order valence-corrected chi connectivity index (χ3v) is 5.81. The molecule has 0 aliphatic heterocycles. The van der Waals surface area contributed by atoms with Crippen LogP contribution in [-0.2, 0) is 4.79 Å². The van der Waals surface area contributed by atoms with Crippen molar-refractivity contribution in [1.29, 1.82) is 0 Å². The third kappa shape index (κ3) is 2.00. The van der Waals surface area contributed by atoms with Gasteiger partial charge >= 0.3 is 0 Å². The minimum absolute atomic E-state index is 0.0594. The maximum Gasteiger partial charge on any atom is 0.162 e. The van der Waals surface area contributed by atoms with Crippen molar-refractivity contribution in [2.75, 3.05) is 0 Å². The Morgan fingerprint density at radius 1 is 1.41 bits per heavy atom. The van der Waals surface area contributed by atoms with Gasteiger partial charge in [0.2, 0.25) is 0 Å². The molecule has 1 saturated carbocycles. The van der Waals surface area contributed by atoms with E-state index in [1.54, 1.807) is 13.8 Å². The van der Waals surface area contributed by atoms with E-state index in [1.165, 1.54) is 0 Å². The number of allylic oxidation sites excluding steroid dienone is 1. The molecule has 2 rings (SSSR count). The molecule has 0 aromatic carbocycles. The van der Waals surface area contributed by atoms with Gasteiger partial charge in [0, 0.05) is 16.7 Å². The molecule has 0 amide bonds. The number of aliphatic hydroxyl groups is 2. The Kier molecular flexibility index (Phi) is 3.26. The molecule has 4 heteroatoms. The molecule has 0 heterocycles. The average Bonchev–Trinajstić information content (AvgIpc) is 2.26. The van der Waals surface area contributed by atoms with Crippen LogP contribution < -0.4 is 0 Å². The first-order chi connectivity index (χ1) is 7.75. The second-order valence-electron chi connectivity index (χ2n) is 5.65. The highest BCUT2D eigenvalue weighted by molar-refractivity contribution is 9.09. The predicted octanol–water partition coefficient (Wildman–Crippen LogP) is 1.81. The lowest BCUT2D eigenvalue weighted by molar-refractivity contribution is -0.130. The Hall–Kier alpha value is -0.190. The van der Waals surface area contributed by atoms with Crippen LogP contribution in [0, 0.1) is 11.8 Å². The minimum Gasteiger partial charge on any atom is -0.389 e. The van der Waals surface area contributed by atoms with Crippen molar-refractivity contribution in [3.05, 3.63) is 11.1 Å². The van der Waals surface area contributed by atoms with E-state index in [9.17, 15) is 15.0 Å². The van der Waals surface area contributed by atoms with E-state index in [0.29, 0.717) is 18.4 Å². The zero-order chi connectivity index (χ0) is 13.0. The van der Waals surface area contributed by atoms with Gasteiger partial charge in [0.15, 0.2) is 5.78 Å². The molecule has 1 fully saturated rings. The molecule has 17 heavy (non-hydrogen) atoms. The molecule has 0 bridgehead atoms. The first-order valence-corrected chi connectivity index (χ1v) is 6.93. The van der Waals surface area contributed by atoms with Gasteiger partial charge in [-0.2, -0.15) is 0 Å². The lowest BCUT2D eigenvalue weighted by Crippen LogP contribution is -2.52. The zero-order valence-electron chi connectivity index (χ0n) is 10.4. The summed E-state index contributed by atoms with van der Waals surface area (Å²) in [6, 6.07) is 0. The summed E-state index contributed by atoms with van der Waals surface area (Å²) in [6.45, 7) is 5.35. The van der Waals surface area contributed by atoms with E-state index in [4.69, 9.17) is 0 Å². The van der Waals surface area contributed by atoms with Crippen LogP contribution in [0.2, 0.25) is 0 Å². The molecule has 5 atom stereocenters. The third-order valence-electron chi connectivity index (χ3n) is 4.45. The number of Topliss-reactive ketones (excluding diaryl/α,β-unsaturated/α-hetero) is 1. The number of alkyl halides is 1. The smallest absolute Gasteiger partial charge is 0.162 e. The molecule has 2 aliphatic rings. The van der Waals surface area contributed by atoms with Crippen molar-refractivity contribution >= 4 is 21.7 Å². The van der Waals surface area contributed by atoms with Crippen LogP contribution in [0.5, 0.6) is 0 Å². The maximum atomic E-state index is 12.2. The van der Waals surface area contributed by atoms with Crippen LogP contribution in [0.15, 0.2) is 11.1 Å². The van der Waals surface area contributed by atoms with E-state index < -0.39 is 11.7 Å². The number of carbonyl (C=O) groups is 1. The number of carbonyl (C=O) groups excluding carboxylic acids is 1. The van der Waals surface area contributed by atoms with Crippen LogP contribution in [-0.4, -0.2) is 32.5 Å². The Morgan fingerprint density at radius 3 is 2.59 bits per heavy atom. The molecule has 3 nitrogen and oxygen atoms in total. The molecule has 96 valence electrons. The van der Waals surface area contributed by atoms with Crippen molar-refractivity contribution in [2.24, 2.45) is 11.8 Å². The van der Waals surface area contributed by atoms with Gasteiger partial charge in [-0.3, -0.25) is 4.79 Å². The molecule has 2 aliphatic carbocycles. The van der Waals surface area contributed by atoms with E-state index >= 15 is 0 Å². The molecule has 2 N–H and O–H groups in total. The van der Waals surface area contributed by atoms with Crippen molar-refractivity contribution in [2.45, 2.75) is 50.1 Å². The highest BCUT2D eigenvalue weighted by atomic mass is 79.9. The number of fused-ring (bicyclic) bond motifs is 1. The summed E-state index contributed by atoms with van der Waals surface area (Å²) in [6.07, 6.45) is 0.511. The summed E-state index contributed by atoms with van der Waals surface area (Å²) >= 11 is 3.47. The van der Waals surface area contributed by atoms with E-state index in [2.05, 4.69) is 15.9 Å². The Bertz CT molecular complexity index is 386. The summed E-state index contributed by atoms with van der Waals surface area (Å²) in [4.78, 5) is 12.1. The Morgan fingerprint density at radius 2 is 2.00 bits per heavy atom. The quantitative estimate of drug-likeness (QED) is 0.671. The predicted molar refractivity (Wildman–Crippen MR) is 68.9 cm³/mol. The maximum absolute atomic E-state index is 12.2. The number of aliphatic hydroxyl groups excluding tert-OH is 1. The molecule has 0 radical (unpaired) electrons. The second kappa shape index (κ2) is 4.18. The lowest BCUT2D eigenvalue weighted by Gasteiger charge is -2.46. The highest BCUT2D eigenvalue weighted by Crippen LogP contribution is 2.46. The van der Waals surface area contributed by atoms with E-state index in [0.717, 1.165) is 5.57 Å². The summed E-state index contributed by atoms with van der Waals surface area (Å²) in [5.74, 6) is -0.203. The fraction of sp³-hybridized carbons (Fsp3) is 0.769. The minimum atomic E-state index is -0.873. The summed E-state index contributed by atoms with van der Waals surface area (Å²) in [5, 5.41) is 20.5. The number of hydrogen-bond donors (Lipinski definition) is 2. The Labute approximate surface area is 110 Å². The van der Waals surface area contributed by atoms with Crippen LogP contribution in [0.25, 0.3) is 0 Å². The van der Waals surface area contributed by atoms with Gasteiger partial charge in [-0.05, 0) is 44.8 Å². The van der Waals surface area contributed by atoms with Gasteiger partial charge in [0.25, 0.3) is 0 Å². The molecule has 0 aromatic rings. The molecule has 0 spiro atoms. The summed E-state index contributed by atoms with van der Waals surface area (Å²) in [7, 11) is 0. The largest absolute Gasteiger partial charge is 0.389 e. The molecular formula is C13H19BrO3. The first-order valence-electron chi connectivity index (χ1n) is 6.02. The number of halogens is 1. The molecule has 0 aromatic heterocycles. The van der Waals surface area contributed by atoms with E-state index in [-0.39, 0.29) is 22.4 Å². The second-order valence-corrected chi connectivity index (χ2v) is 6.76. The normalized spacial score (nSPS) is 47.1. The molecule has 0 saturated heterocycles. The molecule has 0 unspecified atom stereocenters. The SMILES string of the molecule is CC1=C(C)[C@@H](O)[C@H]2C[C@H](Br)[C@@](C)(O)C[C@H]2C1=O. The standard InChI is InChI=1S/C13H19BrO3/c1-6-7(2)12(16)9-5-13(3,17)10(14)4-8(9)11(6)15/h8-11,15,17H,4-5H2,1-3H3/t8-,9+,10-,11+,13-/m0/s1. The van der Waals surface area contributed by atoms with Gasteiger partial charge in [-0.15, -0.1) is 0 Å². The van der Waals surface area contributed by atoms with Crippen molar-refractivity contribution in [3.63, 3.8) is 0 Å². The van der Waals surface area contributed by atoms with Crippen LogP contribution >= 0.6 is 15.9 Å². The first kappa shape index (κ1) is 13.2. The van der Waals surface area contributed by atoms with Gasteiger partial charge in [0.05, 0.1) is 11.7 Å². The lowest BCUT2D eigenvalue weighted by atomic mass is 9.63. The van der Waals surface area contributed by atoms with Crippen LogP contribution in [0.1, 0.15) is 33.6 Å². The summed E-state index contributed by atoms with van der Waals surface area (Å²) < 4.78 is 0. The van der Waals surface area contributed by atoms with Crippen molar-refractivity contribution < 1.29 is 15.0 Å². The average molecular weight is 303 g/mol. The van der Waals surface area contributed by atoms with Gasteiger partial charge < -0.3 is 10.2 Å². The number of ketones is 1. The van der Waals surface area contributed by atoms with Crippen molar-refractivity contribution in [3.8, 4) is 0 Å².